The SMILES string of the molecule is Cc1noc(C)c1CN1CCC(NC(=O)OC(C)(C)C)C1. The quantitative estimate of drug-likeness (QED) is 0.927. The predicted molar refractivity (Wildman–Crippen MR) is 79.0 cm³/mol. The minimum Gasteiger partial charge on any atom is -0.444 e. The molecule has 1 amide bonds. The zero-order valence-electron chi connectivity index (χ0n) is 13.5. The topological polar surface area (TPSA) is 67.6 Å². The van der Waals surface area contributed by atoms with Crippen molar-refractivity contribution in [1.82, 2.24) is 15.4 Å². The zero-order valence-corrected chi connectivity index (χ0v) is 13.5. The van der Waals surface area contributed by atoms with Gasteiger partial charge >= 0.3 is 6.09 Å². The van der Waals surface area contributed by atoms with Crippen molar-refractivity contribution >= 4 is 6.09 Å². The van der Waals surface area contributed by atoms with Gasteiger partial charge in [0.15, 0.2) is 0 Å². The van der Waals surface area contributed by atoms with E-state index in [2.05, 4.69) is 15.4 Å². The number of ether oxygens (including phenoxy) is 1. The van der Waals surface area contributed by atoms with E-state index in [4.69, 9.17) is 9.26 Å². The molecule has 1 fully saturated rings. The summed E-state index contributed by atoms with van der Waals surface area (Å²) < 4.78 is 10.5. The molecule has 0 radical (unpaired) electrons. The fourth-order valence-corrected chi connectivity index (χ4v) is 2.52. The summed E-state index contributed by atoms with van der Waals surface area (Å²) in [7, 11) is 0. The Hall–Kier alpha value is -1.56. The fraction of sp³-hybridized carbons (Fsp3) is 0.733. The number of carbonyl (C=O) groups excluding carboxylic acids is 1. The molecule has 1 aliphatic rings. The van der Waals surface area contributed by atoms with Crippen LogP contribution in [0.15, 0.2) is 4.52 Å². The van der Waals surface area contributed by atoms with Crippen molar-refractivity contribution in [1.29, 1.82) is 0 Å². The van der Waals surface area contributed by atoms with Crippen LogP contribution in [0.5, 0.6) is 0 Å². The molecule has 1 aliphatic heterocycles. The Morgan fingerprint density at radius 3 is 2.76 bits per heavy atom. The molecule has 1 N–H and O–H groups in total. The third kappa shape index (κ3) is 4.46. The van der Waals surface area contributed by atoms with Gasteiger partial charge in [-0.05, 0) is 41.0 Å². The molecule has 0 aromatic carbocycles. The molecule has 1 saturated heterocycles. The maximum absolute atomic E-state index is 11.8. The summed E-state index contributed by atoms with van der Waals surface area (Å²) in [5.41, 5.74) is 1.63. The molecule has 1 aromatic heterocycles. The van der Waals surface area contributed by atoms with Crippen LogP contribution in [0.25, 0.3) is 0 Å². The van der Waals surface area contributed by atoms with Crippen molar-refractivity contribution in [2.24, 2.45) is 0 Å². The van der Waals surface area contributed by atoms with E-state index in [-0.39, 0.29) is 12.1 Å². The largest absolute Gasteiger partial charge is 0.444 e. The monoisotopic (exact) mass is 295 g/mol. The van der Waals surface area contributed by atoms with Crippen LogP contribution in [0, 0.1) is 13.8 Å². The van der Waals surface area contributed by atoms with E-state index in [9.17, 15) is 4.79 Å². The first-order chi connectivity index (χ1) is 9.74. The number of nitrogens with zero attached hydrogens (tertiary/aromatic N) is 2. The van der Waals surface area contributed by atoms with Crippen LogP contribution >= 0.6 is 0 Å². The van der Waals surface area contributed by atoms with Crippen LogP contribution in [0.2, 0.25) is 0 Å². The Balaban J connectivity index is 1.83. The lowest BCUT2D eigenvalue weighted by molar-refractivity contribution is 0.0505. The van der Waals surface area contributed by atoms with Gasteiger partial charge in [0.25, 0.3) is 0 Å². The van der Waals surface area contributed by atoms with Gasteiger partial charge in [-0.3, -0.25) is 4.90 Å². The molecule has 6 nitrogen and oxygen atoms in total. The smallest absolute Gasteiger partial charge is 0.407 e. The molecule has 0 aliphatic carbocycles. The van der Waals surface area contributed by atoms with Gasteiger partial charge in [0.1, 0.15) is 11.4 Å². The molecule has 1 atom stereocenters. The van der Waals surface area contributed by atoms with Crippen molar-refractivity contribution in [3.63, 3.8) is 0 Å². The number of nitrogens with one attached hydrogen (secondary N) is 1. The number of rotatable bonds is 3. The highest BCUT2D eigenvalue weighted by Gasteiger charge is 2.27. The highest BCUT2D eigenvalue weighted by molar-refractivity contribution is 5.68. The Morgan fingerprint density at radius 2 is 2.19 bits per heavy atom. The lowest BCUT2D eigenvalue weighted by Crippen LogP contribution is -2.40. The van der Waals surface area contributed by atoms with Gasteiger partial charge < -0.3 is 14.6 Å². The lowest BCUT2D eigenvalue weighted by atomic mass is 10.2. The van der Waals surface area contributed by atoms with Gasteiger partial charge in [-0.2, -0.15) is 0 Å². The fourth-order valence-electron chi connectivity index (χ4n) is 2.52. The minimum atomic E-state index is -0.459. The van der Waals surface area contributed by atoms with Crippen molar-refractivity contribution in [3.8, 4) is 0 Å². The van der Waals surface area contributed by atoms with Crippen LogP contribution in [0.3, 0.4) is 0 Å². The second-order valence-corrected chi connectivity index (χ2v) is 6.67. The van der Waals surface area contributed by atoms with E-state index >= 15 is 0 Å². The average Bonchev–Trinajstić information content (AvgIpc) is 2.88. The van der Waals surface area contributed by atoms with Crippen LogP contribution < -0.4 is 5.32 Å². The first-order valence-electron chi connectivity index (χ1n) is 7.38. The molecule has 0 bridgehead atoms. The van der Waals surface area contributed by atoms with Gasteiger partial charge in [0.05, 0.1) is 5.69 Å². The number of alkyl carbamates (subject to hydrolysis) is 1. The zero-order chi connectivity index (χ0) is 15.6. The van der Waals surface area contributed by atoms with Crippen molar-refractivity contribution < 1.29 is 14.1 Å². The molecule has 21 heavy (non-hydrogen) atoms. The summed E-state index contributed by atoms with van der Waals surface area (Å²) in [5.74, 6) is 0.871. The third-order valence-corrected chi connectivity index (χ3v) is 3.56. The first kappa shape index (κ1) is 15.8. The number of amides is 1. The Labute approximate surface area is 125 Å². The number of aromatic nitrogens is 1. The van der Waals surface area contributed by atoms with Gasteiger partial charge in [-0.15, -0.1) is 0 Å². The Morgan fingerprint density at radius 1 is 1.48 bits per heavy atom. The minimum absolute atomic E-state index is 0.139. The third-order valence-electron chi connectivity index (χ3n) is 3.56. The normalized spacial score (nSPS) is 19.8. The number of hydrogen-bond donors (Lipinski definition) is 1. The van der Waals surface area contributed by atoms with E-state index in [1.807, 2.05) is 34.6 Å². The van der Waals surface area contributed by atoms with E-state index in [1.165, 1.54) is 0 Å². The second-order valence-electron chi connectivity index (χ2n) is 6.67. The summed E-state index contributed by atoms with van der Waals surface area (Å²) in [4.78, 5) is 14.1. The van der Waals surface area contributed by atoms with Gasteiger partial charge in [0.2, 0.25) is 0 Å². The van der Waals surface area contributed by atoms with Gasteiger partial charge in [0, 0.05) is 31.2 Å². The molecule has 0 saturated carbocycles. The highest BCUT2D eigenvalue weighted by Crippen LogP contribution is 2.19. The summed E-state index contributed by atoms with van der Waals surface area (Å²) in [5, 5.41) is 6.91. The number of likely N-dealkylation sites (tertiary alicyclic amines) is 1. The highest BCUT2D eigenvalue weighted by atomic mass is 16.6. The van der Waals surface area contributed by atoms with E-state index in [0.717, 1.165) is 43.1 Å². The van der Waals surface area contributed by atoms with Crippen molar-refractivity contribution in [2.45, 2.75) is 59.2 Å². The predicted octanol–water partition coefficient (Wildman–Crippen LogP) is 2.39. The van der Waals surface area contributed by atoms with Gasteiger partial charge in [-0.25, -0.2) is 4.79 Å². The Bertz CT molecular complexity index is 485. The van der Waals surface area contributed by atoms with Crippen LogP contribution in [0.4, 0.5) is 4.79 Å². The van der Waals surface area contributed by atoms with Crippen LogP contribution in [-0.4, -0.2) is 40.9 Å². The van der Waals surface area contributed by atoms with Crippen LogP contribution in [0.1, 0.15) is 44.2 Å². The van der Waals surface area contributed by atoms with Crippen molar-refractivity contribution in [2.75, 3.05) is 13.1 Å². The molecule has 2 rings (SSSR count). The molecule has 2 heterocycles. The maximum atomic E-state index is 11.8. The molecule has 0 spiro atoms. The Kier molecular flexibility index (Phi) is 4.56. The van der Waals surface area contributed by atoms with E-state index in [1.54, 1.807) is 0 Å². The van der Waals surface area contributed by atoms with E-state index in [0.29, 0.717) is 0 Å². The summed E-state index contributed by atoms with van der Waals surface area (Å²) in [6, 6.07) is 0.139. The summed E-state index contributed by atoms with van der Waals surface area (Å²) in [6.07, 6.45) is 0.592. The molecular formula is C15H25N3O3. The molecule has 1 aromatic rings. The summed E-state index contributed by atoms with van der Waals surface area (Å²) in [6.45, 7) is 12.1. The molecule has 1 unspecified atom stereocenters. The van der Waals surface area contributed by atoms with Gasteiger partial charge in [-0.1, -0.05) is 5.16 Å². The standard InChI is InChI=1S/C15H25N3O3/c1-10-13(11(2)21-17-10)9-18-7-6-12(8-18)16-14(19)20-15(3,4)5/h12H,6-9H2,1-5H3,(H,16,19). The number of aryl methyl sites for hydroxylation is 2. The lowest BCUT2D eigenvalue weighted by Gasteiger charge is -2.22. The summed E-state index contributed by atoms with van der Waals surface area (Å²) >= 11 is 0. The van der Waals surface area contributed by atoms with Crippen LogP contribution in [-0.2, 0) is 11.3 Å². The van der Waals surface area contributed by atoms with E-state index < -0.39 is 5.60 Å². The first-order valence-corrected chi connectivity index (χ1v) is 7.38. The van der Waals surface area contributed by atoms with Crippen molar-refractivity contribution in [3.05, 3.63) is 17.0 Å². The average molecular weight is 295 g/mol. The molecular weight excluding hydrogens is 270 g/mol. The molecule has 6 heteroatoms. The number of carbonyl (C=O) groups is 1. The second kappa shape index (κ2) is 6.05. The molecule has 118 valence electrons. The maximum Gasteiger partial charge on any atom is 0.407 e. The number of hydrogen-bond acceptors (Lipinski definition) is 5.